The molecule has 0 saturated heterocycles. The fraction of sp³-hybridized carbons (Fsp3) is 0.100. The van der Waals surface area contributed by atoms with Crippen molar-refractivity contribution in [2.75, 3.05) is 11.5 Å². The minimum atomic E-state index is -0.232. The number of benzene rings is 1. The molecule has 30 heavy (non-hydrogen) atoms. The van der Waals surface area contributed by atoms with Crippen LogP contribution in [-0.4, -0.2) is 11.7 Å². The van der Waals surface area contributed by atoms with Gasteiger partial charge in [0, 0.05) is 17.0 Å². The van der Waals surface area contributed by atoms with Crippen molar-refractivity contribution in [3.8, 4) is 22.6 Å². The maximum Gasteiger partial charge on any atom is 0.289 e. The fourth-order valence-corrected chi connectivity index (χ4v) is 4.61. The Morgan fingerprint density at radius 3 is 2.60 bits per heavy atom. The highest BCUT2D eigenvalue weighted by molar-refractivity contribution is 7.99. The van der Waals surface area contributed by atoms with E-state index in [1.165, 1.54) is 11.3 Å². The SMILES string of the molecule is N#Cc1c(N)[nH+]c(SCC(=O)NCc2ccc(Cl)c(Cl)c2)c(C#N)c1-c1cccs1. The van der Waals surface area contributed by atoms with E-state index in [0.29, 0.717) is 27.2 Å². The summed E-state index contributed by atoms with van der Waals surface area (Å²) in [6.07, 6.45) is 0. The van der Waals surface area contributed by atoms with Crippen molar-refractivity contribution in [3.05, 3.63) is 62.4 Å². The molecular formula is C20H14Cl2N5OS2+. The molecule has 0 aliphatic heterocycles. The average Bonchev–Trinajstić information content (AvgIpc) is 3.27. The van der Waals surface area contributed by atoms with E-state index in [1.807, 2.05) is 17.5 Å². The van der Waals surface area contributed by atoms with E-state index in [1.54, 1.807) is 18.2 Å². The molecule has 0 atom stereocenters. The maximum atomic E-state index is 12.3. The van der Waals surface area contributed by atoms with Crippen molar-refractivity contribution in [3.63, 3.8) is 0 Å². The van der Waals surface area contributed by atoms with Crippen molar-refractivity contribution in [2.24, 2.45) is 0 Å². The summed E-state index contributed by atoms with van der Waals surface area (Å²) in [4.78, 5) is 15.9. The third-order valence-corrected chi connectivity index (χ3v) is 6.68. The van der Waals surface area contributed by atoms with Crippen LogP contribution in [0.4, 0.5) is 5.82 Å². The van der Waals surface area contributed by atoms with Crippen LogP contribution in [0.25, 0.3) is 10.4 Å². The number of H-pyrrole nitrogens is 1. The van der Waals surface area contributed by atoms with E-state index in [0.717, 1.165) is 22.2 Å². The summed E-state index contributed by atoms with van der Waals surface area (Å²) < 4.78 is 0. The zero-order chi connectivity index (χ0) is 21.7. The van der Waals surface area contributed by atoms with Crippen LogP contribution in [0.3, 0.4) is 0 Å². The fourth-order valence-electron chi connectivity index (χ4n) is 2.66. The number of thioether (sulfide) groups is 1. The number of nitrogens with two attached hydrogens (primary N) is 1. The first-order valence-electron chi connectivity index (χ1n) is 8.50. The molecule has 2 heterocycles. The molecule has 1 aromatic carbocycles. The number of amides is 1. The summed E-state index contributed by atoms with van der Waals surface area (Å²) in [5.74, 6) is -0.0237. The molecule has 3 rings (SSSR count). The number of nitrogens with one attached hydrogen (secondary N) is 2. The lowest BCUT2D eigenvalue weighted by Crippen LogP contribution is -2.26. The lowest BCUT2D eigenvalue weighted by molar-refractivity contribution is -0.410. The van der Waals surface area contributed by atoms with Crippen LogP contribution in [0, 0.1) is 22.7 Å². The van der Waals surface area contributed by atoms with Crippen LogP contribution in [0.1, 0.15) is 16.7 Å². The first-order chi connectivity index (χ1) is 14.4. The second-order valence-corrected chi connectivity index (χ2v) is 8.76. The second-order valence-electron chi connectivity index (χ2n) is 6.01. The molecule has 1 amide bonds. The van der Waals surface area contributed by atoms with Crippen LogP contribution in [0.5, 0.6) is 0 Å². The van der Waals surface area contributed by atoms with Gasteiger partial charge in [-0.3, -0.25) is 10.5 Å². The van der Waals surface area contributed by atoms with Crippen molar-refractivity contribution in [1.82, 2.24) is 5.32 Å². The van der Waals surface area contributed by atoms with Gasteiger partial charge in [0.15, 0.2) is 10.6 Å². The van der Waals surface area contributed by atoms with Gasteiger partial charge in [0.1, 0.15) is 17.7 Å². The predicted octanol–water partition coefficient (Wildman–Crippen LogP) is 4.27. The van der Waals surface area contributed by atoms with E-state index >= 15 is 0 Å². The van der Waals surface area contributed by atoms with Crippen LogP contribution < -0.4 is 16.0 Å². The Kier molecular flexibility index (Phi) is 7.20. The molecule has 0 radical (unpaired) electrons. The van der Waals surface area contributed by atoms with Gasteiger partial charge in [-0.15, -0.1) is 11.3 Å². The summed E-state index contributed by atoms with van der Waals surface area (Å²) >= 11 is 14.4. The quantitative estimate of drug-likeness (QED) is 0.517. The second kappa shape index (κ2) is 9.84. The molecular weight excluding hydrogens is 461 g/mol. The summed E-state index contributed by atoms with van der Waals surface area (Å²) in [7, 11) is 0. The number of carbonyl (C=O) groups is 1. The number of anilines is 1. The van der Waals surface area contributed by atoms with Crippen LogP contribution >= 0.6 is 46.3 Å². The molecule has 3 aromatic rings. The van der Waals surface area contributed by atoms with E-state index in [-0.39, 0.29) is 28.6 Å². The van der Waals surface area contributed by atoms with Gasteiger partial charge in [-0.05, 0) is 29.1 Å². The molecule has 150 valence electrons. The Morgan fingerprint density at radius 1 is 1.20 bits per heavy atom. The molecule has 0 saturated carbocycles. The number of aromatic amines is 1. The topological polar surface area (TPSA) is 117 Å². The van der Waals surface area contributed by atoms with Gasteiger partial charge in [-0.25, -0.2) is 4.98 Å². The Bertz CT molecular complexity index is 1180. The zero-order valence-corrected chi connectivity index (χ0v) is 18.5. The highest BCUT2D eigenvalue weighted by Gasteiger charge is 2.24. The number of nitrogens with zero attached hydrogens (tertiary/aromatic N) is 2. The number of rotatable bonds is 6. The third kappa shape index (κ3) is 4.86. The smallest absolute Gasteiger partial charge is 0.289 e. The lowest BCUT2D eigenvalue weighted by atomic mass is 10.0. The Labute approximate surface area is 191 Å². The monoisotopic (exact) mass is 474 g/mol. The van der Waals surface area contributed by atoms with Crippen molar-refractivity contribution in [2.45, 2.75) is 11.6 Å². The minimum absolute atomic E-state index is 0.0573. The number of nitrogen functional groups attached to an aromatic ring is 1. The molecule has 0 aliphatic rings. The summed E-state index contributed by atoms with van der Waals surface area (Å²) in [5, 5.41) is 25.2. The number of halogens is 2. The van der Waals surface area contributed by atoms with Crippen LogP contribution in [0.15, 0.2) is 40.7 Å². The number of hydrogen-bond donors (Lipinski definition) is 2. The molecule has 0 fully saturated rings. The zero-order valence-electron chi connectivity index (χ0n) is 15.3. The van der Waals surface area contributed by atoms with Gasteiger partial charge in [0.05, 0.1) is 15.8 Å². The summed E-state index contributed by atoms with van der Waals surface area (Å²) in [5.41, 5.74) is 7.79. The number of aromatic nitrogens is 1. The molecule has 2 aromatic heterocycles. The summed E-state index contributed by atoms with van der Waals surface area (Å²) in [6.45, 7) is 0.293. The van der Waals surface area contributed by atoms with Gasteiger partial charge in [0.25, 0.3) is 5.82 Å². The number of nitriles is 2. The van der Waals surface area contributed by atoms with Crippen molar-refractivity contribution >= 4 is 58.0 Å². The predicted molar refractivity (Wildman–Crippen MR) is 119 cm³/mol. The highest BCUT2D eigenvalue weighted by Crippen LogP contribution is 2.35. The minimum Gasteiger partial charge on any atom is -0.351 e. The van der Waals surface area contributed by atoms with E-state index in [2.05, 4.69) is 22.4 Å². The van der Waals surface area contributed by atoms with E-state index in [9.17, 15) is 15.3 Å². The maximum absolute atomic E-state index is 12.3. The molecule has 0 spiro atoms. The van der Waals surface area contributed by atoms with Crippen LogP contribution in [-0.2, 0) is 11.3 Å². The van der Waals surface area contributed by atoms with Gasteiger partial charge in [-0.1, -0.05) is 47.1 Å². The Morgan fingerprint density at radius 2 is 1.97 bits per heavy atom. The molecule has 0 bridgehead atoms. The normalized spacial score (nSPS) is 10.3. The average molecular weight is 475 g/mol. The van der Waals surface area contributed by atoms with E-state index in [4.69, 9.17) is 28.9 Å². The van der Waals surface area contributed by atoms with Crippen molar-refractivity contribution in [1.29, 1.82) is 10.5 Å². The molecule has 0 unspecified atom stereocenters. The van der Waals surface area contributed by atoms with Crippen molar-refractivity contribution < 1.29 is 9.78 Å². The molecule has 4 N–H and O–H groups in total. The van der Waals surface area contributed by atoms with E-state index < -0.39 is 0 Å². The first-order valence-corrected chi connectivity index (χ1v) is 11.1. The Balaban J connectivity index is 1.76. The third-order valence-electron chi connectivity index (χ3n) is 4.06. The largest absolute Gasteiger partial charge is 0.351 e. The standard InChI is InChI=1S/C20H13Cl2N5OS2/c21-14-4-3-11(6-15(14)22)9-26-17(28)10-30-20-13(8-24)18(16-2-1-5-29-16)12(7-23)19(25)27-20/h1-6H,9-10H2,(H2,25,27)(H,26,28)/p+1. The number of hydrogen-bond acceptors (Lipinski definition) is 6. The summed E-state index contributed by atoms with van der Waals surface area (Å²) in [6, 6.07) is 13.0. The number of carbonyl (C=O) groups excluding carboxylic acids is 1. The lowest BCUT2D eigenvalue weighted by Gasteiger charge is -2.09. The first kappa shape index (κ1) is 21.9. The highest BCUT2D eigenvalue weighted by atomic mass is 35.5. The molecule has 0 aliphatic carbocycles. The number of thiophene rings is 1. The van der Waals surface area contributed by atoms with Gasteiger partial charge >= 0.3 is 0 Å². The molecule has 10 heteroatoms. The molecule has 6 nitrogen and oxygen atoms in total. The number of pyridine rings is 1. The van der Waals surface area contributed by atoms with Gasteiger partial charge in [0.2, 0.25) is 5.91 Å². The van der Waals surface area contributed by atoms with Gasteiger partial charge < -0.3 is 5.32 Å². The van der Waals surface area contributed by atoms with Crippen LogP contribution in [0.2, 0.25) is 10.0 Å². The Hall–Kier alpha value is -2.75. The van der Waals surface area contributed by atoms with Gasteiger partial charge in [-0.2, -0.15) is 10.5 Å².